The van der Waals surface area contributed by atoms with E-state index in [9.17, 15) is 0 Å². The minimum Gasteiger partial charge on any atom is -0.379 e. The fraction of sp³-hybridized carbons (Fsp3) is 0.462. The van der Waals surface area contributed by atoms with E-state index in [1.54, 1.807) is 0 Å². The first kappa shape index (κ1) is 23.6. The quantitative estimate of drug-likeness (QED) is 0.349. The van der Waals surface area contributed by atoms with Crippen LogP contribution >= 0.6 is 29.8 Å². The number of hydrogen-bond donors (Lipinski definition) is 0. The van der Waals surface area contributed by atoms with Crippen LogP contribution in [0.15, 0.2) is 71.1 Å². The lowest BCUT2D eigenvalue weighted by atomic mass is 10.0. The van der Waals surface area contributed by atoms with Crippen molar-refractivity contribution in [3.63, 3.8) is 0 Å². The molecule has 5 nitrogen and oxygen atoms in total. The lowest BCUT2D eigenvalue weighted by Gasteiger charge is -2.48. The van der Waals surface area contributed by atoms with Gasteiger partial charge in [0.05, 0.1) is 45.0 Å². The fourth-order valence-electron chi connectivity index (χ4n) is 5.29. The largest absolute Gasteiger partial charge is 0.379 e. The summed E-state index contributed by atoms with van der Waals surface area (Å²) in [5.74, 6) is 0. The summed E-state index contributed by atoms with van der Waals surface area (Å²) in [6.45, 7) is 7.00. The van der Waals surface area contributed by atoms with Crippen LogP contribution in [0.3, 0.4) is 0 Å². The highest BCUT2D eigenvalue weighted by Gasteiger charge is 2.42. The number of ether oxygens (including phenoxy) is 2. The molecule has 0 amide bonds. The summed E-state index contributed by atoms with van der Waals surface area (Å²) in [6.07, 6.45) is 6.07. The Bertz CT molecular complexity index is 1000. The number of morpholine rings is 2. The molecule has 5 rings (SSSR count). The van der Waals surface area contributed by atoms with Crippen molar-refractivity contribution in [3.8, 4) is 0 Å². The van der Waals surface area contributed by atoms with Gasteiger partial charge in [-0.25, -0.2) is 4.74 Å². The van der Waals surface area contributed by atoms with E-state index >= 15 is 0 Å². The molecule has 7 heteroatoms. The van der Waals surface area contributed by atoms with Gasteiger partial charge >= 0.3 is 0 Å². The molecular formula is C26H33IN3O2P. The van der Waals surface area contributed by atoms with E-state index < -0.39 is 7.21 Å². The van der Waals surface area contributed by atoms with Gasteiger partial charge in [0.1, 0.15) is 0 Å². The normalized spacial score (nSPS) is 24.1. The molecule has 2 saturated heterocycles. The van der Waals surface area contributed by atoms with Crippen LogP contribution in [0.5, 0.6) is 0 Å². The van der Waals surface area contributed by atoms with E-state index in [4.69, 9.17) is 14.2 Å². The molecular weight excluding hydrogens is 544 g/mol. The first-order valence-electron chi connectivity index (χ1n) is 12.1. The SMILES string of the molecule is Ic1ccc(N=[P@@](c2ccccc2)([C@@H]2CCCC=C2N2CCOCC2)N2CCOCC2)cc1. The van der Waals surface area contributed by atoms with E-state index in [1.165, 1.54) is 27.4 Å². The predicted molar refractivity (Wildman–Crippen MR) is 145 cm³/mol. The summed E-state index contributed by atoms with van der Waals surface area (Å²) in [5, 5.41) is 1.39. The Hall–Kier alpha value is -1.18. The lowest BCUT2D eigenvalue weighted by Crippen LogP contribution is -2.45. The summed E-state index contributed by atoms with van der Waals surface area (Å²) >= 11 is 2.38. The summed E-state index contributed by atoms with van der Waals surface area (Å²) in [4.78, 5) is 2.59. The third-order valence-corrected chi connectivity index (χ3v) is 11.8. The first-order chi connectivity index (χ1) is 16.3. The van der Waals surface area contributed by atoms with Crippen molar-refractivity contribution < 1.29 is 9.47 Å². The number of nitrogens with zero attached hydrogens (tertiary/aromatic N) is 3. The average Bonchev–Trinajstić information content (AvgIpc) is 2.90. The number of halogens is 1. The van der Waals surface area contributed by atoms with E-state index in [1.807, 2.05) is 0 Å². The molecule has 2 aromatic carbocycles. The van der Waals surface area contributed by atoms with Crippen LogP contribution in [0.4, 0.5) is 5.69 Å². The second-order valence-corrected chi connectivity index (χ2v) is 13.3. The second-order valence-electron chi connectivity index (χ2n) is 8.80. The van der Waals surface area contributed by atoms with Crippen molar-refractivity contribution in [2.75, 3.05) is 52.6 Å². The Labute approximate surface area is 211 Å². The third-order valence-electron chi connectivity index (χ3n) is 6.84. The molecule has 0 aromatic heterocycles. The minimum absolute atomic E-state index is 0.393. The lowest BCUT2D eigenvalue weighted by molar-refractivity contribution is 0.0510. The highest BCUT2D eigenvalue weighted by Crippen LogP contribution is 2.63. The van der Waals surface area contributed by atoms with Gasteiger partial charge in [0.15, 0.2) is 0 Å². The molecule has 33 heavy (non-hydrogen) atoms. The van der Waals surface area contributed by atoms with Crippen molar-refractivity contribution in [2.24, 2.45) is 4.74 Å². The molecule has 2 fully saturated rings. The summed E-state index contributed by atoms with van der Waals surface area (Å²) < 4.78 is 21.2. The Morgan fingerprint density at radius 1 is 0.848 bits per heavy atom. The van der Waals surface area contributed by atoms with Gasteiger partial charge in [-0.15, -0.1) is 0 Å². The molecule has 2 aromatic rings. The van der Waals surface area contributed by atoms with Crippen LogP contribution in [-0.2, 0) is 9.47 Å². The molecule has 2 atom stereocenters. The number of hydrogen-bond acceptors (Lipinski definition) is 4. The van der Waals surface area contributed by atoms with Gasteiger partial charge < -0.3 is 14.4 Å². The Morgan fingerprint density at radius 2 is 1.52 bits per heavy atom. The van der Waals surface area contributed by atoms with Gasteiger partial charge in [0.2, 0.25) is 0 Å². The van der Waals surface area contributed by atoms with E-state index in [0.717, 1.165) is 64.7 Å². The van der Waals surface area contributed by atoms with Gasteiger partial charge in [-0.2, -0.15) is 0 Å². The Balaban J connectivity index is 1.72. The molecule has 0 N–H and O–H groups in total. The molecule has 2 heterocycles. The predicted octanol–water partition coefficient (Wildman–Crippen LogP) is 5.47. The zero-order valence-electron chi connectivity index (χ0n) is 19.1. The molecule has 0 bridgehead atoms. The Morgan fingerprint density at radius 3 is 2.21 bits per heavy atom. The zero-order valence-corrected chi connectivity index (χ0v) is 22.2. The maximum Gasteiger partial charge on any atom is 0.0756 e. The minimum atomic E-state index is -2.13. The second kappa shape index (κ2) is 11.0. The molecule has 0 saturated carbocycles. The molecule has 3 aliphatic rings. The Kier molecular flexibility index (Phi) is 7.88. The van der Waals surface area contributed by atoms with Crippen molar-refractivity contribution in [1.82, 2.24) is 9.57 Å². The smallest absolute Gasteiger partial charge is 0.0756 e. The van der Waals surface area contributed by atoms with Crippen LogP contribution in [0.1, 0.15) is 19.3 Å². The van der Waals surface area contributed by atoms with Crippen LogP contribution < -0.4 is 5.30 Å². The number of allylic oxidation sites excluding steroid dienone is 2. The van der Waals surface area contributed by atoms with Crippen LogP contribution in [-0.4, -0.2) is 67.8 Å². The maximum absolute atomic E-state index is 5.82. The van der Waals surface area contributed by atoms with Gasteiger partial charge in [-0.05, 0) is 66.1 Å². The highest BCUT2D eigenvalue weighted by atomic mass is 127. The molecule has 2 aliphatic heterocycles. The highest BCUT2D eigenvalue weighted by molar-refractivity contribution is 14.1. The van der Waals surface area contributed by atoms with Crippen molar-refractivity contribution >= 4 is 40.8 Å². The van der Waals surface area contributed by atoms with Crippen LogP contribution in [0.2, 0.25) is 0 Å². The molecule has 0 spiro atoms. The fourth-order valence-corrected chi connectivity index (χ4v) is 10.2. The van der Waals surface area contributed by atoms with Crippen LogP contribution in [0.25, 0.3) is 0 Å². The summed E-state index contributed by atoms with van der Waals surface area (Å²) in [6, 6.07) is 19.9. The van der Waals surface area contributed by atoms with Crippen LogP contribution in [0, 0.1) is 3.57 Å². The molecule has 0 unspecified atom stereocenters. The molecule has 1 aliphatic carbocycles. The zero-order chi connectivity index (χ0) is 22.5. The van der Waals surface area contributed by atoms with E-state index in [-0.39, 0.29) is 0 Å². The van der Waals surface area contributed by atoms with E-state index in [0.29, 0.717) is 5.66 Å². The molecule has 176 valence electrons. The maximum atomic E-state index is 5.82. The monoisotopic (exact) mass is 577 g/mol. The average molecular weight is 577 g/mol. The first-order valence-corrected chi connectivity index (χ1v) is 14.9. The van der Waals surface area contributed by atoms with Gasteiger partial charge in [-0.3, -0.25) is 4.67 Å². The van der Waals surface area contributed by atoms with Crippen molar-refractivity contribution in [1.29, 1.82) is 0 Å². The third kappa shape index (κ3) is 5.10. The van der Waals surface area contributed by atoms with Crippen molar-refractivity contribution in [3.05, 3.63) is 69.9 Å². The standard InChI is InChI=1S/C26H33IN3O2P/c27-22-10-12-23(13-11-22)28-33(24-6-2-1-3-7-24,30-16-20-32-21-17-30)26-9-5-4-8-25(26)29-14-18-31-19-15-29/h1-3,6-8,10-13,26H,4-5,9,14-21H2/t26-,33-/m1/s1. The van der Waals surface area contributed by atoms with Gasteiger partial charge in [0, 0.05) is 40.8 Å². The molecule has 0 radical (unpaired) electrons. The topological polar surface area (TPSA) is 37.3 Å². The number of benzene rings is 2. The number of rotatable bonds is 5. The summed E-state index contributed by atoms with van der Waals surface area (Å²) in [5.41, 5.74) is 2.98. The van der Waals surface area contributed by atoms with Gasteiger partial charge in [0.25, 0.3) is 0 Å². The van der Waals surface area contributed by atoms with Gasteiger partial charge in [-0.1, -0.05) is 36.4 Å². The summed E-state index contributed by atoms with van der Waals surface area (Å²) in [7, 11) is -2.13. The van der Waals surface area contributed by atoms with Crippen molar-refractivity contribution in [2.45, 2.75) is 24.9 Å². The van der Waals surface area contributed by atoms with E-state index in [2.05, 4.69) is 92.8 Å².